The molecule has 0 aliphatic rings. The van der Waals surface area contributed by atoms with Crippen molar-refractivity contribution < 1.29 is 9.84 Å². The van der Waals surface area contributed by atoms with Crippen LogP contribution in [-0.4, -0.2) is 16.7 Å². The molecule has 0 spiro atoms. The van der Waals surface area contributed by atoms with Gasteiger partial charge in [0, 0.05) is 5.56 Å². The van der Waals surface area contributed by atoms with Crippen LogP contribution in [0.1, 0.15) is 31.0 Å². The minimum atomic E-state index is -0.237. The Morgan fingerprint density at radius 3 is 2.48 bits per heavy atom. The first-order valence-electron chi connectivity index (χ1n) is 8.30. The molecule has 3 aromatic carbocycles. The molecule has 0 fully saturated rings. The highest BCUT2D eigenvalue weighted by Crippen LogP contribution is 2.36. The van der Waals surface area contributed by atoms with Gasteiger partial charge in [-0.05, 0) is 48.4 Å². The monoisotopic (exact) mass is 351 g/mol. The van der Waals surface area contributed by atoms with Gasteiger partial charge < -0.3 is 15.2 Å². The summed E-state index contributed by atoms with van der Waals surface area (Å²) in [6.07, 6.45) is 0. The average molecular weight is 351 g/mol. The lowest BCUT2D eigenvalue weighted by Gasteiger charge is -2.23. The van der Waals surface area contributed by atoms with Crippen molar-refractivity contribution in [3.05, 3.63) is 71.8 Å². The summed E-state index contributed by atoms with van der Waals surface area (Å²) in [7, 11) is 0. The zero-order valence-corrected chi connectivity index (χ0v) is 15.1. The van der Waals surface area contributed by atoms with Gasteiger partial charge in [-0.3, -0.25) is 0 Å². The normalized spacial score (nSPS) is 11.9. The van der Waals surface area contributed by atoms with Crippen LogP contribution in [0.4, 0.5) is 0 Å². The molecule has 0 amide bonds. The van der Waals surface area contributed by atoms with Gasteiger partial charge in [0.2, 0.25) is 0 Å². The first-order valence-corrected chi connectivity index (χ1v) is 8.71. The van der Waals surface area contributed by atoms with Crippen LogP contribution in [0.3, 0.4) is 0 Å². The number of phenols is 1. The molecule has 0 bridgehead atoms. The van der Waals surface area contributed by atoms with Crippen LogP contribution < -0.4 is 10.1 Å². The second kappa shape index (κ2) is 7.53. The second-order valence-corrected chi connectivity index (χ2v) is 6.47. The standard InChI is InChI=1S/C21H21NO2S/c1-3-24-17-11-8-16(9-12-17)21(22-14(2)25)20-18-7-5-4-6-15(18)10-13-19(20)23/h4-13,21,23H,3H2,1-2H3,(H,22,25). The van der Waals surface area contributed by atoms with Crippen LogP contribution in [-0.2, 0) is 0 Å². The number of benzene rings is 3. The van der Waals surface area contributed by atoms with Crippen molar-refractivity contribution in [3.63, 3.8) is 0 Å². The van der Waals surface area contributed by atoms with E-state index in [0.29, 0.717) is 11.6 Å². The van der Waals surface area contributed by atoms with E-state index in [1.165, 1.54) is 0 Å². The summed E-state index contributed by atoms with van der Waals surface area (Å²) < 4.78 is 5.53. The molecule has 0 saturated carbocycles. The molecule has 25 heavy (non-hydrogen) atoms. The highest BCUT2D eigenvalue weighted by molar-refractivity contribution is 7.80. The van der Waals surface area contributed by atoms with Gasteiger partial charge in [0.05, 0.1) is 17.6 Å². The summed E-state index contributed by atoms with van der Waals surface area (Å²) in [5.74, 6) is 1.08. The van der Waals surface area contributed by atoms with Crippen molar-refractivity contribution in [2.45, 2.75) is 19.9 Å². The molecule has 1 atom stereocenters. The number of ether oxygens (including phenoxy) is 1. The molecule has 0 saturated heterocycles. The third-order valence-corrected chi connectivity index (χ3v) is 4.23. The lowest BCUT2D eigenvalue weighted by molar-refractivity contribution is 0.340. The summed E-state index contributed by atoms with van der Waals surface area (Å²) in [6.45, 7) is 4.44. The van der Waals surface area contributed by atoms with E-state index in [-0.39, 0.29) is 11.8 Å². The Labute approximate surface area is 153 Å². The largest absolute Gasteiger partial charge is 0.508 e. The van der Waals surface area contributed by atoms with Crippen molar-refractivity contribution >= 4 is 28.0 Å². The number of rotatable bonds is 5. The summed E-state index contributed by atoms with van der Waals surface area (Å²) in [6, 6.07) is 19.3. The van der Waals surface area contributed by atoms with Gasteiger partial charge in [-0.2, -0.15) is 0 Å². The number of phenolic OH excluding ortho intramolecular Hbond substituents is 1. The number of thiocarbonyl (C=S) groups is 1. The van der Waals surface area contributed by atoms with E-state index in [1.54, 1.807) is 6.07 Å². The molecule has 3 nitrogen and oxygen atoms in total. The Morgan fingerprint density at radius 2 is 1.80 bits per heavy atom. The molecule has 4 heteroatoms. The van der Waals surface area contributed by atoms with Gasteiger partial charge in [-0.25, -0.2) is 0 Å². The molecular formula is C21H21NO2S. The minimum absolute atomic E-state index is 0.237. The Balaban J connectivity index is 2.13. The smallest absolute Gasteiger partial charge is 0.121 e. The quantitative estimate of drug-likeness (QED) is 0.637. The number of hydrogen-bond acceptors (Lipinski definition) is 3. The summed E-state index contributed by atoms with van der Waals surface area (Å²) in [4.78, 5) is 0.672. The molecule has 0 aromatic heterocycles. The van der Waals surface area contributed by atoms with Crippen LogP contribution in [0.5, 0.6) is 11.5 Å². The van der Waals surface area contributed by atoms with Crippen LogP contribution in [0.2, 0.25) is 0 Å². The van der Waals surface area contributed by atoms with E-state index in [9.17, 15) is 5.11 Å². The zero-order chi connectivity index (χ0) is 17.8. The molecule has 128 valence electrons. The van der Waals surface area contributed by atoms with Gasteiger partial charge >= 0.3 is 0 Å². The molecule has 3 rings (SSSR count). The van der Waals surface area contributed by atoms with Gasteiger partial charge in [0.1, 0.15) is 11.5 Å². The van der Waals surface area contributed by atoms with Crippen LogP contribution >= 0.6 is 12.2 Å². The van der Waals surface area contributed by atoms with E-state index in [1.807, 2.05) is 68.4 Å². The van der Waals surface area contributed by atoms with Crippen LogP contribution in [0.25, 0.3) is 10.8 Å². The van der Waals surface area contributed by atoms with Crippen molar-refractivity contribution in [1.82, 2.24) is 5.32 Å². The average Bonchev–Trinajstić information content (AvgIpc) is 2.61. The predicted molar refractivity (Wildman–Crippen MR) is 106 cm³/mol. The Kier molecular flexibility index (Phi) is 5.19. The van der Waals surface area contributed by atoms with E-state index in [4.69, 9.17) is 17.0 Å². The number of fused-ring (bicyclic) bond motifs is 1. The molecule has 0 heterocycles. The SMILES string of the molecule is CCOc1ccc(C(NC(C)=S)c2c(O)ccc3ccccc23)cc1. The molecule has 1 unspecified atom stereocenters. The minimum Gasteiger partial charge on any atom is -0.508 e. The first-order chi connectivity index (χ1) is 12.1. The Hall–Kier alpha value is -2.59. The molecule has 3 aromatic rings. The van der Waals surface area contributed by atoms with Crippen LogP contribution in [0, 0.1) is 0 Å². The maximum Gasteiger partial charge on any atom is 0.121 e. The van der Waals surface area contributed by atoms with Crippen LogP contribution in [0.15, 0.2) is 60.7 Å². The number of aromatic hydroxyl groups is 1. The third kappa shape index (κ3) is 3.74. The maximum atomic E-state index is 10.6. The number of nitrogens with one attached hydrogen (secondary N) is 1. The van der Waals surface area contributed by atoms with Gasteiger partial charge in [0.15, 0.2) is 0 Å². The van der Waals surface area contributed by atoms with E-state index >= 15 is 0 Å². The van der Waals surface area contributed by atoms with Gasteiger partial charge in [-0.1, -0.05) is 54.7 Å². The molecule has 0 radical (unpaired) electrons. The van der Waals surface area contributed by atoms with E-state index < -0.39 is 0 Å². The molecule has 0 aliphatic carbocycles. The summed E-state index contributed by atoms with van der Waals surface area (Å²) in [5.41, 5.74) is 1.84. The predicted octanol–water partition coefficient (Wildman–Crippen LogP) is 4.97. The van der Waals surface area contributed by atoms with Gasteiger partial charge in [0.25, 0.3) is 0 Å². The topological polar surface area (TPSA) is 41.5 Å². The van der Waals surface area contributed by atoms with E-state index in [2.05, 4.69) is 5.32 Å². The lowest BCUT2D eigenvalue weighted by atomic mass is 9.92. The fraction of sp³-hybridized carbons (Fsp3) is 0.190. The molecular weight excluding hydrogens is 330 g/mol. The highest BCUT2D eigenvalue weighted by atomic mass is 32.1. The fourth-order valence-corrected chi connectivity index (χ4v) is 3.15. The van der Waals surface area contributed by atoms with E-state index in [0.717, 1.165) is 27.6 Å². The van der Waals surface area contributed by atoms with Crippen molar-refractivity contribution in [3.8, 4) is 11.5 Å². The maximum absolute atomic E-state index is 10.6. The Bertz CT molecular complexity index is 890. The van der Waals surface area contributed by atoms with Gasteiger partial charge in [-0.15, -0.1) is 0 Å². The molecule has 0 aliphatic heterocycles. The summed E-state index contributed by atoms with van der Waals surface area (Å²) >= 11 is 5.29. The lowest BCUT2D eigenvalue weighted by Crippen LogP contribution is -2.26. The van der Waals surface area contributed by atoms with Crippen molar-refractivity contribution in [2.75, 3.05) is 6.61 Å². The van der Waals surface area contributed by atoms with Crippen molar-refractivity contribution in [1.29, 1.82) is 0 Å². The molecule has 2 N–H and O–H groups in total. The number of hydrogen-bond donors (Lipinski definition) is 2. The Morgan fingerprint density at radius 1 is 1.08 bits per heavy atom. The first kappa shape index (κ1) is 17.2. The zero-order valence-electron chi connectivity index (χ0n) is 14.3. The second-order valence-electron chi connectivity index (χ2n) is 5.86. The third-order valence-electron chi connectivity index (χ3n) is 4.11. The summed E-state index contributed by atoms with van der Waals surface area (Å²) in [5, 5.41) is 16.0. The fourth-order valence-electron chi connectivity index (χ4n) is 3.04. The highest BCUT2D eigenvalue weighted by Gasteiger charge is 2.20. The van der Waals surface area contributed by atoms with Crippen molar-refractivity contribution in [2.24, 2.45) is 0 Å².